The van der Waals surface area contributed by atoms with E-state index in [9.17, 15) is 4.79 Å². The molecule has 176 valence electrons. The maximum Gasteiger partial charge on any atom is 0.312 e. The second kappa shape index (κ2) is 10.4. The second-order valence-electron chi connectivity index (χ2n) is 9.26. The monoisotopic (exact) mass is 497 g/mol. The summed E-state index contributed by atoms with van der Waals surface area (Å²) < 4.78 is 5.86. The highest BCUT2D eigenvalue weighted by Crippen LogP contribution is 2.44. The predicted octanol–water partition coefficient (Wildman–Crippen LogP) is 4.36. The summed E-state index contributed by atoms with van der Waals surface area (Å²) in [5, 5.41) is 6.75. The van der Waals surface area contributed by atoms with Crippen LogP contribution in [-0.4, -0.2) is 54.7 Å². The third kappa shape index (κ3) is 4.71. The van der Waals surface area contributed by atoms with Crippen molar-refractivity contribution in [2.45, 2.75) is 50.5 Å². The quantitative estimate of drug-likeness (QED) is 0.635. The molecule has 0 aliphatic carbocycles. The Bertz CT molecular complexity index is 894. The first-order valence-corrected chi connectivity index (χ1v) is 12.1. The molecule has 0 saturated carbocycles. The molecule has 4 heterocycles. The molecular weight excluding hydrogens is 465 g/mol. The molecule has 1 aromatic carbocycles. The summed E-state index contributed by atoms with van der Waals surface area (Å²) in [4.78, 5) is 20.0. The minimum absolute atomic E-state index is 0. The van der Waals surface area contributed by atoms with Gasteiger partial charge in [0.2, 0.25) is 0 Å². The number of halogens is 2. The van der Waals surface area contributed by atoms with Gasteiger partial charge < -0.3 is 10.1 Å². The van der Waals surface area contributed by atoms with Gasteiger partial charge >= 0.3 is 5.97 Å². The van der Waals surface area contributed by atoms with Gasteiger partial charge in [-0.1, -0.05) is 30.3 Å². The molecule has 0 bridgehead atoms. The van der Waals surface area contributed by atoms with E-state index in [1.54, 1.807) is 11.3 Å². The third-order valence-electron chi connectivity index (χ3n) is 7.49. The van der Waals surface area contributed by atoms with Crippen LogP contribution in [0.25, 0.3) is 0 Å². The van der Waals surface area contributed by atoms with Crippen molar-refractivity contribution in [1.29, 1.82) is 0 Å². The van der Waals surface area contributed by atoms with Crippen LogP contribution >= 0.6 is 36.2 Å². The molecule has 5 rings (SSSR count). The molecule has 5 nitrogen and oxygen atoms in total. The molecule has 8 heteroatoms. The van der Waals surface area contributed by atoms with E-state index in [-0.39, 0.29) is 47.7 Å². The van der Waals surface area contributed by atoms with Crippen molar-refractivity contribution in [3.05, 3.63) is 52.0 Å². The largest absolute Gasteiger partial charge is 0.461 e. The number of benzene rings is 1. The van der Waals surface area contributed by atoms with Crippen molar-refractivity contribution in [3.63, 3.8) is 0 Å². The van der Waals surface area contributed by atoms with Gasteiger partial charge in [-0.2, -0.15) is 0 Å². The predicted molar refractivity (Wildman–Crippen MR) is 133 cm³/mol. The number of hydrogen-bond acceptors (Lipinski definition) is 6. The van der Waals surface area contributed by atoms with Crippen LogP contribution in [0.3, 0.4) is 0 Å². The van der Waals surface area contributed by atoms with Crippen LogP contribution in [0.2, 0.25) is 0 Å². The van der Waals surface area contributed by atoms with Crippen LogP contribution in [0.4, 0.5) is 0 Å². The lowest BCUT2D eigenvalue weighted by Gasteiger charge is -2.42. The summed E-state index contributed by atoms with van der Waals surface area (Å²) in [5.41, 5.74) is 2.36. The maximum atomic E-state index is 12.6. The van der Waals surface area contributed by atoms with Gasteiger partial charge in [-0.15, -0.1) is 36.2 Å². The molecule has 3 fully saturated rings. The molecule has 3 aliphatic heterocycles. The average molecular weight is 499 g/mol. The summed E-state index contributed by atoms with van der Waals surface area (Å²) >= 11 is 1.74. The zero-order valence-electron chi connectivity index (χ0n) is 18.5. The van der Waals surface area contributed by atoms with Gasteiger partial charge in [0.15, 0.2) is 0 Å². The second-order valence-corrected chi connectivity index (χ2v) is 10.3. The molecule has 1 N–H and O–H groups in total. The van der Waals surface area contributed by atoms with Gasteiger partial charge in [-0.3, -0.25) is 9.69 Å². The Morgan fingerprint density at radius 2 is 1.81 bits per heavy atom. The SMILES string of the molecule is Cc1nc(C2(c3ccccc3)CCN(CC3CC4(CCNCC4)C(=O)O3)CC2)cs1.Cl.Cl. The minimum atomic E-state index is -0.225. The Morgan fingerprint density at radius 3 is 2.44 bits per heavy atom. The molecule has 1 unspecified atom stereocenters. The molecule has 1 atom stereocenters. The number of thiazole rings is 1. The highest BCUT2D eigenvalue weighted by atomic mass is 35.5. The van der Waals surface area contributed by atoms with Crippen molar-refractivity contribution in [2.24, 2.45) is 5.41 Å². The number of aryl methyl sites for hydroxylation is 1. The van der Waals surface area contributed by atoms with E-state index in [4.69, 9.17) is 9.72 Å². The maximum absolute atomic E-state index is 12.6. The van der Waals surface area contributed by atoms with E-state index in [2.05, 4.69) is 52.9 Å². The Morgan fingerprint density at radius 1 is 1.12 bits per heavy atom. The summed E-state index contributed by atoms with van der Waals surface area (Å²) in [5.74, 6) is 0.0441. The molecular formula is C24H33Cl2N3O2S. The molecule has 1 aromatic heterocycles. The number of cyclic esters (lactones) is 1. The number of carbonyl (C=O) groups is 1. The van der Waals surface area contributed by atoms with Crippen molar-refractivity contribution >= 4 is 42.1 Å². The Labute approximate surface area is 207 Å². The Balaban J connectivity index is 0.00000144. The van der Waals surface area contributed by atoms with E-state index < -0.39 is 0 Å². The number of rotatable bonds is 4. The number of nitrogens with one attached hydrogen (secondary N) is 1. The summed E-state index contributed by atoms with van der Waals surface area (Å²) in [6.45, 7) is 6.83. The lowest BCUT2D eigenvalue weighted by molar-refractivity contribution is -0.150. The smallest absolute Gasteiger partial charge is 0.312 e. The van der Waals surface area contributed by atoms with Gasteiger partial charge in [0.25, 0.3) is 0 Å². The zero-order chi connectivity index (χ0) is 20.6. The fourth-order valence-corrected chi connectivity index (χ4v) is 6.40. The van der Waals surface area contributed by atoms with Crippen LogP contribution in [0.15, 0.2) is 35.7 Å². The number of aromatic nitrogens is 1. The minimum Gasteiger partial charge on any atom is -0.461 e. The first kappa shape index (κ1) is 25.4. The van der Waals surface area contributed by atoms with Crippen LogP contribution in [0.1, 0.15) is 48.4 Å². The molecule has 2 aromatic rings. The number of ether oxygens (including phenoxy) is 1. The molecule has 1 spiro atoms. The number of hydrogen-bond donors (Lipinski definition) is 1. The number of carbonyl (C=O) groups excluding carboxylic acids is 1. The molecule has 32 heavy (non-hydrogen) atoms. The van der Waals surface area contributed by atoms with E-state index in [1.807, 2.05) is 0 Å². The first-order valence-electron chi connectivity index (χ1n) is 11.2. The van der Waals surface area contributed by atoms with Crippen molar-refractivity contribution in [2.75, 3.05) is 32.7 Å². The highest BCUT2D eigenvalue weighted by molar-refractivity contribution is 7.09. The molecule has 0 radical (unpaired) electrons. The standard InChI is InChI=1S/C24H31N3O2S.2ClH/c1-18-26-21(17-30-18)24(19-5-3-2-4-6-19)9-13-27(14-10-24)16-20-15-23(22(28)29-20)7-11-25-12-8-23;;/h2-6,17,20,25H,7-16H2,1H3;2*1H. The Hall–Kier alpha value is -1.18. The highest BCUT2D eigenvalue weighted by Gasteiger charge is 2.50. The van der Waals surface area contributed by atoms with Gasteiger partial charge in [0, 0.05) is 23.8 Å². The summed E-state index contributed by atoms with van der Waals surface area (Å²) in [6, 6.07) is 10.9. The van der Waals surface area contributed by atoms with Gasteiger partial charge in [-0.25, -0.2) is 4.98 Å². The third-order valence-corrected chi connectivity index (χ3v) is 8.27. The van der Waals surface area contributed by atoms with Crippen molar-refractivity contribution < 1.29 is 9.53 Å². The number of esters is 1. The summed E-state index contributed by atoms with van der Waals surface area (Å²) in [6.07, 6.45) is 4.87. The number of nitrogens with zero attached hydrogens (tertiary/aromatic N) is 2. The summed E-state index contributed by atoms with van der Waals surface area (Å²) in [7, 11) is 0. The van der Waals surface area contributed by atoms with Gasteiger partial charge in [0.1, 0.15) is 6.10 Å². The number of piperidine rings is 2. The van der Waals surface area contributed by atoms with E-state index in [0.29, 0.717) is 0 Å². The van der Waals surface area contributed by atoms with E-state index in [1.165, 1.54) is 11.3 Å². The number of likely N-dealkylation sites (tertiary alicyclic amines) is 1. The zero-order valence-corrected chi connectivity index (χ0v) is 21.0. The van der Waals surface area contributed by atoms with Crippen molar-refractivity contribution in [3.8, 4) is 0 Å². The molecule has 0 amide bonds. The Kier molecular flexibility index (Phi) is 8.26. The van der Waals surface area contributed by atoms with Crippen LogP contribution < -0.4 is 5.32 Å². The van der Waals surface area contributed by atoms with E-state index >= 15 is 0 Å². The fourth-order valence-electron chi connectivity index (χ4n) is 5.69. The van der Waals surface area contributed by atoms with Crippen LogP contribution in [0.5, 0.6) is 0 Å². The van der Waals surface area contributed by atoms with Crippen molar-refractivity contribution in [1.82, 2.24) is 15.2 Å². The molecule has 3 aliphatic rings. The first-order chi connectivity index (χ1) is 14.6. The topological polar surface area (TPSA) is 54.5 Å². The molecule has 3 saturated heterocycles. The van der Waals surface area contributed by atoms with Crippen LogP contribution in [0, 0.1) is 12.3 Å². The lowest BCUT2D eigenvalue weighted by atomic mass is 9.70. The van der Waals surface area contributed by atoms with Gasteiger partial charge in [0.05, 0.1) is 16.1 Å². The average Bonchev–Trinajstić information content (AvgIpc) is 3.34. The lowest BCUT2D eigenvalue weighted by Crippen LogP contribution is -2.46. The van der Waals surface area contributed by atoms with E-state index in [0.717, 1.165) is 69.8 Å². The van der Waals surface area contributed by atoms with Gasteiger partial charge in [-0.05, 0) is 64.3 Å². The van der Waals surface area contributed by atoms with Crippen LogP contribution in [-0.2, 0) is 14.9 Å². The fraction of sp³-hybridized carbons (Fsp3) is 0.583. The normalized spacial score (nSPS) is 24.4.